The lowest BCUT2D eigenvalue weighted by Crippen LogP contribution is -2.47. The topological polar surface area (TPSA) is 33.1 Å². The van der Waals surface area contributed by atoms with E-state index in [9.17, 15) is 0 Å². The molecule has 1 aliphatic carbocycles. The van der Waals surface area contributed by atoms with E-state index in [1.165, 1.54) is 44.6 Å². The van der Waals surface area contributed by atoms with Crippen LogP contribution in [0.4, 0.5) is 0 Å². The Morgan fingerprint density at radius 2 is 2.15 bits per heavy atom. The van der Waals surface area contributed by atoms with E-state index in [4.69, 9.17) is 0 Å². The molecular weight excluding hydrogens is 248 g/mol. The van der Waals surface area contributed by atoms with Crippen molar-refractivity contribution >= 4 is 0 Å². The second-order valence-electron chi connectivity index (χ2n) is 6.96. The lowest BCUT2D eigenvalue weighted by Gasteiger charge is -2.43. The molecule has 0 saturated heterocycles. The Hall–Kier alpha value is -0.870. The van der Waals surface area contributed by atoms with Crippen molar-refractivity contribution in [3.05, 3.63) is 18.2 Å². The predicted octanol–water partition coefficient (Wildman–Crippen LogP) is 2.11. The molecule has 1 aromatic heterocycles. The average Bonchev–Trinajstić information content (AvgIpc) is 2.90. The normalized spacial score (nSPS) is 31.2. The molecular formula is C16H28N4. The van der Waals surface area contributed by atoms with Gasteiger partial charge in [-0.05, 0) is 31.2 Å². The fraction of sp³-hybridized carbons (Fsp3) is 0.812. The monoisotopic (exact) mass is 276 g/mol. The van der Waals surface area contributed by atoms with Crippen LogP contribution in [-0.4, -0.2) is 41.1 Å². The van der Waals surface area contributed by atoms with E-state index in [1.54, 1.807) is 0 Å². The third-order valence-electron chi connectivity index (χ3n) is 5.27. The summed E-state index contributed by atoms with van der Waals surface area (Å²) >= 11 is 0. The van der Waals surface area contributed by atoms with E-state index in [0.29, 0.717) is 5.41 Å². The summed E-state index contributed by atoms with van der Waals surface area (Å²) in [5, 5.41) is 3.45. The van der Waals surface area contributed by atoms with Gasteiger partial charge in [0.1, 0.15) is 5.82 Å². The summed E-state index contributed by atoms with van der Waals surface area (Å²) in [6, 6.07) is 0. The largest absolute Gasteiger partial charge is 0.333 e. The van der Waals surface area contributed by atoms with Gasteiger partial charge in [-0.2, -0.15) is 0 Å². The Balaban J connectivity index is 1.65. The maximum absolute atomic E-state index is 4.49. The smallest absolute Gasteiger partial charge is 0.122 e. The summed E-state index contributed by atoms with van der Waals surface area (Å²) in [7, 11) is 2.10. The highest BCUT2D eigenvalue weighted by atomic mass is 15.2. The minimum absolute atomic E-state index is 0.482. The summed E-state index contributed by atoms with van der Waals surface area (Å²) in [5.41, 5.74) is 0.482. The number of fused-ring (bicyclic) bond motifs is 1. The fourth-order valence-electron chi connectivity index (χ4n) is 3.97. The van der Waals surface area contributed by atoms with Crippen molar-refractivity contribution in [1.29, 1.82) is 0 Å². The summed E-state index contributed by atoms with van der Waals surface area (Å²) in [5.74, 6) is 2.15. The summed E-state index contributed by atoms with van der Waals surface area (Å²) in [6.07, 6.45) is 9.58. The first-order chi connectivity index (χ1) is 9.71. The van der Waals surface area contributed by atoms with Gasteiger partial charge in [-0.1, -0.05) is 19.8 Å². The maximum Gasteiger partial charge on any atom is 0.122 e. The van der Waals surface area contributed by atoms with Gasteiger partial charge in [-0.15, -0.1) is 0 Å². The molecule has 4 heteroatoms. The first-order valence-electron chi connectivity index (χ1n) is 8.08. The average molecular weight is 276 g/mol. The Morgan fingerprint density at radius 1 is 1.35 bits per heavy atom. The van der Waals surface area contributed by atoms with Gasteiger partial charge in [-0.3, -0.25) is 4.90 Å². The first kappa shape index (κ1) is 14.1. The Kier molecular flexibility index (Phi) is 4.13. The van der Waals surface area contributed by atoms with E-state index < -0.39 is 0 Å². The lowest BCUT2D eigenvalue weighted by molar-refractivity contribution is 0.0730. The quantitative estimate of drug-likeness (QED) is 0.914. The molecule has 112 valence electrons. The molecule has 4 nitrogen and oxygen atoms in total. The van der Waals surface area contributed by atoms with E-state index >= 15 is 0 Å². The molecule has 2 heterocycles. The zero-order chi connectivity index (χ0) is 14.0. The summed E-state index contributed by atoms with van der Waals surface area (Å²) in [4.78, 5) is 7.11. The van der Waals surface area contributed by atoms with E-state index in [0.717, 1.165) is 25.6 Å². The molecule has 1 fully saturated rings. The van der Waals surface area contributed by atoms with Gasteiger partial charge in [0.05, 0.1) is 6.54 Å². The molecule has 1 saturated carbocycles. The Labute approximate surface area is 122 Å². The van der Waals surface area contributed by atoms with Crippen LogP contribution in [0.3, 0.4) is 0 Å². The van der Waals surface area contributed by atoms with E-state index in [2.05, 4.69) is 39.9 Å². The molecule has 0 bridgehead atoms. The predicted molar refractivity (Wildman–Crippen MR) is 81.5 cm³/mol. The van der Waals surface area contributed by atoms with Crippen molar-refractivity contribution in [2.24, 2.45) is 11.3 Å². The van der Waals surface area contributed by atoms with Crippen molar-refractivity contribution in [2.45, 2.75) is 45.7 Å². The van der Waals surface area contributed by atoms with E-state index in [-0.39, 0.29) is 0 Å². The number of aromatic nitrogens is 2. The lowest BCUT2D eigenvalue weighted by atomic mass is 9.70. The van der Waals surface area contributed by atoms with Crippen LogP contribution < -0.4 is 5.32 Å². The Bertz CT molecular complexity index is 431. The van der Waals surface area contributed by atoms with Crippen molar-refractivity contribution in [3.63, 3.8) is 0 Å². The van der Waals surface area contributed by atoms with Crippen LogP contribution in [0.2, 0.25) is 0 Å². The number of hydrogen-bond donors (Lipinski definition) is 1. The summed E-state index contributed by atoms with van der Waals surface area (Å²) < 4.78 is 2.30. The zero-order valence-corrected chi connectivity index (χ0v) is 12.9. The van der Waals surface area contributed by atoms with Crippen LogP contribution in [-0.2, 0) is 13.1 Å². The zero-order valence-electron chi connectivity index (χ0n) is 12.9. The Morgan fingerprint density at radius 3 is 2.90 bits per heavy atom. The minimum Gasteiger partial charge on any atom is -0.333 e. The number of imidazole rings is 1. The molecule has 1 N–H and O–H groups in total. The number of nitrogens with one attached hydrogen (secondary N) is 1. The SMILES string of the molecule is CNCC1(CN2CCn3ccnc3C2)CCC(C)CC1. The fourth-order valence-corrected chi connectivity index (χ4v) is 3.97. The van der Waals surface area contributed by atoms with E-state index in [1.807, 2.05) is 6.20 Å². The molecule has 0 aromatic carbocycles. The van der Waals surface area contributed by atoms with Crippen molar-refractivity contribution in [3.8, 4) is 0 Å². The summed E-state index contributed by atoms with van der Waals surface area (Å²) in [6.45, 7) is 8.08. The molecule has 0 spiro atoms. The van der Waals surface area contributed by atoms with Crippen LogP contribution in [0, 0.1) is 11.3 Å². The number of hydrogen-bond acceptors (Lipinski definition) is 3. The highest BCUT2D eigenvalue weighted by molar-refractivity contribution is 4.97. The molecule has 2 aliphatic rings. The standard InChI is InChI=1S/C16H28N4/c1-14-3-5-16(6-4-14,12-17-2)13-19-9-10-20-8-7-18-15(20)11-19/h7-8,14,17H,3-6,9-13H2,1-2H3. The van der Waals surface area contributed by atoms with Crippen molar-refractivity contribution < 1.29 is 0 Å². The van der Waals surface area contributed by atoms with Crippen LogP contribution in [0.15, 0.2) is 12.4 Å². The third kappa shape index (κ3) is 2.91. The molecule has 0 atom stereocenters. The van der Waals surface area contributed by atoms with Gasteiger partial charge < -0.3 is 9.88 Å². The van der Waals surface area contributed by atoms with Crippen LogP contribution >= 0.6 is 0 Å². The highest BCUT2D eigenvalue weighted by Crippen LogP contribution is 2.39. The van der Waals surface area contributed by atoms with Gasteiger partial charge in [0, 0.05) is 38.6 Å². The van der Waals surface area contributed by atoms with Crippen molar-refractivity contribution in [1.82, 2.24) is 19.8 Å². The molecule has 0 unspecified atom stereocenters. The molecule has 0 radical (unpaired) electrons. The van der Waals surface area contributed by atoms with Gasteiger partial charge in [0.25, 0.3) is 0 Å². The second kappa shape index (κ2) is 5.86. The van der Waals surface area contributed by atoms with Crippen LogP contribution in [0.5, 0.6) is 0 Å². The number of rotatable bonds is 4. The van der Waals surface area contributed by atoms with Crippen LogP contribution in [0.1, 0.15) is 38.4 Å². The second-order valence-corrected chi connectivity index (χ2v) is 6.96. The molecule has 1 aromatic rings. The van der Waals surface area contributed by atoms with Gasteiger partial charge in [0.15, 0.2) is 0 Å². The maximum atomic E-state index is 4.49. The van der Waals surface area contributed by atoms with Crippen LogP contribution in [0.25, 0.3) is 0 Å². The van der Waals surface area contributed by atoms with Gasteiger partial charge in [0.2, 0.25) is 0 Å². The number of nitrogens with zero attached hydrogens (tertiary/aromatic N) is 3. The minimum atomic E-state index is 0.482. The molecule has 1 aliphatic heterocycles. The first-order valence-corrected chi connectivity index (χ1v) is 8.08. The third-order valence-corrected chi connectivity index (χ3v) is 5.27. The molecule has 0 amide bonds. The molecule has 3 rings (SSSR count). The molecule has 20 heavy (non-hydrogen) atoms. The van der Waals surface area contributed by atoms with Gasteiger partial charge in [-0.25, -0.2) is 4.98 Å². The van der Waals surface area contributed by atoms with Gasteiger partial charge >= 0.3 is 0 Å². The van der Waals surface area contributed by atoms with Crippen molar-refractivity contribution in [2.75, 3.05) is 26.7 Å². The highest BCUT2D eigenvalue weighted by Gasteiger charge is 2.36.